The van der Waals surface area contributed by atoms with E-state index >= 15 is 0 Å². The fraction of sp³-hybridized carbons (Fsp3) is 0.238. The molecule has 4 rings (SSSR count). The van der Waals surface area contributed by atoms with Crippen molar-refractivity contribution < 1.29 is 4.79 Å². The molecule has 0 spiro atoms. The Balaban J connectivity index is 1.61. The Bertz CT molecular complexity index is 1250. The van der Waals surface area contributed by atoms with Crippen molar-refractivity contribution in [2.24, 2.45) is 5.92 Å². The highest BCUT2D eigenvalue weighted by Gasteiger charge is 2.24. The summed E-state index contributed by atoms with van der Waals surface area (Å²) in [5.74, 6) is 0.731. The van der Waals surface area contributed by atoms with Crippen LogP contribution in [0.25, 0.3) is 11.3 Å². The first kappa shape index (κ1) is 19.4. The minimum atomic E-state index is -0.393. The lowest BCUT2D eigenvalue weighted by molar-refractivity contribution is 0.243. The Morgan fingerprint density at radius 3 is 2.60 bits per heavy atom. The van der Waals surface area contributed by atoms with Gasteiger partial charge in [0, 0.05) is 18.1 Å². The van der Waals surface area contributed by atoms with Crippen LogP contribution in [0.1, 0.15) is 31.4 Å². The molecule has 3 N–H and O–H groups in total. The van der Waals surface area contributed by atoms with Gasteiger partial charge in [0.1, 0.15) is 0 Å². The lowest BCUT2D eigenvalue weighted by atomic mass is 10.0. The topological polar surface area (TPSA) is 109 Å². The van der Waals surface area contributed by atoms with Crippen molar-refractivity contribution >= 4 is 17.4 Å². The van der Waals surface area contributed by atoms with Gasteiger partial charge < -0.3 is 15.6 Å². The summed E-state index contributed by atoms with van der Waals surface area (Å²) >= 11 is 0. The Morgan fingerprint density at radius 1 is 1.10 bits per heavy atom. The van der Waals surface area contributed by atoms with E-state index in [0.717, 1.165) is 5.69 Å². The zero-order valence-corrected chi connectivity index (χ0v) is 17.0. The van der Waals surface area contributed by atoms with E-state index in [1.54, 1.807) is 24.4 Å². The fourth-order valence-corrected chi connectivity index (χ4v) is 3.43. The van der Waals surface area contributed by atoms with E-state index < -0.39 is 6.03 Å². The van der Waals surface area contributed by atoms with Gasteiger partial charge in [0.25, 0.3) is 0 Å². The number of carbonyl (C=O) groups is 1. The molecule has 1 aromatic carbocycles. The van der Waals surface area contributed by atoms with Gasteiger partial charge in [0.15, 0.2) is 11.5 Å². The number of aryl methyl sites for hydroxylation is 1. The Kier molecular flexibility index (Phi) is 5.09. The van der Waals surface area contributed by atoms with Crippen LogP contribution in [0.4, 0.5) is 10.5 Å². The molecule has 1 atom stereocenters. The number of benzene rings is 1. The van der Waals surface area contributed by atoms with Gasteiger partial charge in [-0.25, -0.2) is 9.59 Å². The van der Waals surface area contributed by atoms with Crippen LogP contribution in [0.15, 0.2) is 59.7 Å². The number of anilines is 1. The maximum absolute atomic E-state index is 12.9. The van der Waals surface area contributed by atoms with E-state index in [4.69, 9.17) is 0 Å². The lowest BCUT2D eigenvalue weighted by Gasteiger charge is -2.21. The van der Waals surface area contributed by atoms with Crippen LogP contribution in [0, 0.1) is 12.8 Å². The number of aromatic nitrogens is 5. The Morgan fingerprint density at radius 2 is 1.87 bits per heavy atom. The molecular weight excluding hydrogens is 382 g/mol. The third-order valence-corrected chi connectivity index (χ3v) is 4.93. The first-order chi connectivity index (χ1) is 14.5. The van der Waals surface area contributed by atoms with E-state index in [9.17, 15) is 9.59 Å². The molecule has 0 radical (unpaired) electrons. The van der Waals surface area contributed by atoms with E-state index in [0.29, 0.717) is 22.8 Å². The summed E-state index contributed by atoms with van der Waals surface area (Å²) in [5.41, 5.74) is 2.30. The van der Waals surface area contributed by atoms with E-state index in [2.05, 4.69) is 25.8 Å². The first-order valence-electron chi connectivity index (χ1n) is 9.69. The number of imidazole rings is 1. The Hall–Kier alpha value is -3.88. The van der Waals surface area contributed by atoms with Gasteiger partial charge in [0.2, 0.25) is 0 Å². The highest BCUT2D eigenvalue weighted by molar-refractivity contribution is 5.91. The molecule has 0 fully saturated rings. The number of pyridine rings is 1. The molecule has 2 amide bonds. The first-order valence-corrected chi connectivity index (χ1v) is 9.69. The van der Waals surface area contributed by atoms with Gasteiger partial charge >= 0.3 is 11.7 Å². The van der Waals surface area contributed by atoms with Crippen LogP contribution in [-0.4, -0.2) is 30.2 Å². The number of aromatic amines is 1. The van der Waals surface area contributed by atoms with Gasteiger partial charge in [-0.15, -0.1) is 10.2 Å². The average Bonchev–Trinajstić information content (AvgIpc) is 3.29. The van der Waals surface area contributed by atoms with Crippen LogP contribution in [0.2, 0.25) is 0 Å². The van der Waals surface area contributed by atoms with Crippen LogP contribution < -0.4 is 16.3 Å². The zero-order valence-electron chi connectivity index (χ0n) is 17.0. The number of H-pyrrole nitrogens is 1. The van der Waals surface area contributed by atoms with Gasteiger partial charge in [0.05, 0.1) is 17.4 Å². The summed E-state index contributed by atoms with van der Waals surface area (Å²) in [6, 6.07) is 12.1. The molecule has 0 saturated heterocycles. The number of para-hydroxylation sites is 2. The third kappa shape index (κ3) is 3.57. The molecule has 1 unspecified atom stereocenters. The number of urea groups is 1. The molecule has 0 aliphatic carbocycles. The predicted molar refractivity (Wildman–Crippen MR) is 114 cm³/mol. The minimum Gasteiger partial charge on any atom is -0.328 e. The van der Waals surface area contributed by atoms with E-state index in [1.165, 1.54) is 4.57 Å². The standard InChI is InChI=1S/C21H23N7O2/c1-13(2)18(19-26-25-17-10-6-7-11-27(17)19)24-20(29)23-15-8-4-5-9-16(15)28-14(3)12-22-21(28)30/h4-13,18H,1-3H3,(H,22,30)(H2,23,24,29). The SMILES string of the molecule is Cc1c[nH]c(=O)n1-c1ccccc1NC(=O)NC(c1nnc2ccccn12)C(C)C. The Labute approximate surface area is 172 Å². The number of hydrogen-bond donors (Lipinski definition) is 3. The molecule has 0 saturated carbocycles. The largest absolute Gasteiger partial charge is 0.330 e. The monoisotopic (exact) mass is 405 g/mol. The second-order valence-corrected chi connectivity index (χ2v) is 7.39. The van der Waals surface area contributed by atoms with E-state index in [1.807, 2.05) is 55.6 Å². The number of rotatable bonds is 5. The predicted octanol–water partition coefficient (Wildman–Crippen LogP) is 3.04. The highest BCUT2D eigenvalue weighted by Crippen LogP contribution is 2.23. The van der Waals surface area contributed by atoms with Crippen molar-refractivity contribution in [2.45, 2.75) is 26.8 Å². The van der Waals surface area contributed by atoms with Gasteiger partial charge in [-0.2, -0.15) is 0 Å². The van der Waals surface area contributed by atoms with Crippen molar-refractivity contribution in [1.82, 2.24) is 29.5 Å². The number of hydrogen-bond acceptors (Lipinski definition) is 4. The molecule has 0 aliphatic rings. The maximum Gasteiger partial charge on any atom is 0.330 e. The van der Waals surface area contributed by atoms with Gasteiger partial charge in [-0.1, -0.05) is 32.0 Å². The van der Waals surface area contributed by atoms with Crippen molar-refractivity contribution in [1.29, 1.82) is 0 Å². The minimum absolute atomic E-state index is 0.0770. The summed E-state index contributed by atoms with van der Waals surface area (Å²) < 4.78 is 3.38. The molecule has 154 valence electrons. The van der Waals surface area contributed by atoms with Crippen molar-refractivity contribution in [3.63, 3.8) is 0 Å². The maximum atomic E-state index is 12.9. The average molecular weight is 405 g/mol. The molecule has 9 heteroatoms. The third-order valence-electron chi connectivity index (χ3n) is 4.93. The molecule has 9 nitrogen and oxygen atoms in total. The smallest absolute Gasteiger partial charge is 0.328 e. The van der Waals surface area contributed by atoms with E-state index in [-0.39, 0.29) is 17.6 Å². The van der Waals surface area contributed by atoms with Crippen molar-refractivity contribution in [3.05, 3.63) is 76.9 Å². The van der Waals surface area contributed by atoms with Gasteiger partial charge in [-0.3, -0.25) is 8.97 Å². The number of nitrogens with zero attached hydrogens (tertiary/aromatic N) is 4. The molecule has 30 heavy (non-hydrogen) atoms. The normalized spacial score (nSPS) is 12.3. The van der Waals surface area contributed by atoms with Crippen molar-refractivity contribution in [2.75, 3.05) is 5.32 Å². The number of carbonyl (C=O) groups excluding carboxylic acids is 1. The second-order valence-electron chi connectivity index (χ2n) is 7.39. The van der Waals surface area contributed by atoms with Crippen LogP contribution >= 0.6 is 0 Å². The second kappa shape index (κ2) is 7.86. The van der Waals surface area contributed by atoms with Crippen LogP contribution in [-0.2, 0) is 0 Å². The number of nitrogens with one attached hydrogen (secondary N) is 3. The molecule has 4 aromatic rings. The zero-order chi connectivity index (χ0) is 21.3. The summed E-state index contributed by atoms with van der Waals surface area (Å²) in [4.78, 5) is 27.7. The molecule has 3 aromatic heterocycles. The molecule has 0 bridgehead atoms. The quantitative estimate of drug-likeness (QED) is 0.474. The molecule has 0 aliphatic heterocycles. The molecular formula is C21H23N7O2. The van der Waals surface area contributed by atoms with Crippen LogP contribution in [0.5, 0.6) is 0 Å². The lowest BCUT2D eigenvalue weighted by Crippen LogP contribution is -2.36. The summed E-state index contributed by atoms with van der Waals surface area (Å²) in [6.45, 7) is 5.83. The fourth-order valence-electron chi connectivity index (χ4n) is 3.43. The van der Waals surface area contributed by atoms with Gasteiger partial charge in [-0.05, 0) is 37.1 Å². The highest BCUT2D eigenvalue weighted by atomic mass is 16.2. The summed E-state index contributed by atoms with van der Waals surface area (Å²) in [6.07, 6.45) is 3.50. The summed E-state index contributed by atoms with van der Waals surface area (Å²) in [5, 5.41) is 14.3. The van der Waals surface area contributed by atoms with Crippen molar-refractivity contribution in [3.8, 4) is 5.69 Å². The molecule has 3 heterocycles. The number of amides is 2. The summed E-state index contributed by atoms with van der Waals surface area (Å²) in [7, 11) is 0. The van der Waals surface area contributed by atoms with Crippen LogP contribution in [0.3, 0.4) is 0 Å². The number of fused-ring (bicyclic) bond motifs is 1.